The molecule has 1 saturated heterocycles. The summed E-state index contributed by atoms with van der Waals surface area (Å²) in [5.41, 5.74) is 2.77. The molecule has 1 aliphatic heterocycles. The molecule has 0 unspecified atom stereocenters. The fourth-order valence-corrected chi connectivity index (χ4v) is 3.08. The number of carbonyl (C=O) groups excluding carboxylic acids is 1. The molecule has 0 bridgehead atoms. The van der Waals surface area contributed by atoms with Gasteiger partial charge in [-0.2, -0.15) is 0 Å². The third-order valence-corrected chi connectivity index (χ3v) is 4.54. The van der Waals surface area contributed by atoms with Crippen LogP contribution in [-0.4, -0.2) is 36.1 Å². The van der Waals surface area contributed by atoms with E-state index in [1.165, 1.54) is 0 Å². The van der Waals surface area contributed by atoms with Crippen LogP contribution in [-0.2, 0) is 4.79 Å². The number of methoxy groups -OCH3 is 1. The number of nitrogens with zero attached hydrogens (tertiary/aromatic N) is 3. The molecule has 0 spiro atoms. The van der Waals surface area contributed by atoms with Gasteiger partial charge >= 0.3 is 0 Å². The van der Waals surface area contributed by atoms with Crippen LogP contribution in [0.25, 0.3) is 0 Å². The van der Waals surface area contributed by atoms with E-state index in [9.17, 15) is 4.79 Å². The minimum atomic E-state index is -0.00808. The average molecular weight is 340 g/mol. The lowest BCUT2D eigenvalue weighted by Gasteiger charge is -2.31. The van der Waals surface area contributed by atoms with Crippen LogP contribution in [0.15, 0.2) is 30.5 Å². The van der Waals surface area contributed by atoms with E-state index in [-0.39, 0.29) is 11.8 Å². The first-order valence-corrected chi connectivity index (χ1v) is 8.57. The molecule has 1 amide bonds. The third-order valence-electron chi connectivity index (χ3n) is 4.54. The lowest BCUT2D eigenvalue weighted by molar-refractivity contribution is -0.120. The van der Waals surface area contributed by atoms with Crippen LogP contribution in [0.3, 0.4) is 0 Å². The van der Waals surface area contributed by atoms with E-state index >= 15 is 0 Å². The lowest BCUT2D eigenvalue weighted by atomic mass is 9.96. The van der Waals surface area contributed by atoms with E-state index in [2.05, 4.69) is 20.2 Å². The summed E-state index contributed by atoms with van der Waals surface area (Å²) in [4.78, 5) is 23.6. The summed E-state index contributed by atoms with van der Waals surface area (Å²) < 4.78 is 5.34. The molecular formula is C19H24N4O2. The molecule has 1 fully saturated rings. The number of carbonyl (C=O) groups is 1. The quantitative estimate of drug-likeness (QED) is 0.927. The lowest BCUT2D eigenvalue weighted by Crippen LogP contribution is -2.39. The molecule has 2 heterocycles. The topological polar surface area (TPSA) is 67.3 Å². The highest BCUT2D eigenvalue weighted by atomic mass is 16.5. The number of nitrogens with one attached hydrogen (secondary N) is 1. The molecule has 6 heteroatoms. The second-order valence-corrected chi connectivity index (χ2v) is 6.45. The van der Waals surface area contributed by atoms with Crippen molar-refractivity contribution >= 4 is 17.5 Å². The summed E-state index contributed by atoms with van der Waals surface area (Å²) in [6, 6.07) is 7.67. The first kappa shape index (κ1) is 17.2. The predicted octanol–water partition coefficient (Wildman–Crippen LogP) is 2.96. The Morgan fingerprint density at radius 2 is 2.00 bits per heavy atom. The molecule has 0 aliphatic carbocycles. The Kier molecular flexibility index (Phi) is 5.16. The first-order chi connectivity index (χ1) is 12.1. The maximum atomic E-state index is 12.6. The van der Waals surface area contributed by atoms with E-state index in [1.54, 1.807) is 13.3 Å². The Morgan fingerprint density at radius 1 is 1.24 bits per heavy atom. The van der Waals surface area contributed by atoms with Gasteiger partial charge in [-0.15, -0.1) is 0 Å². The van der Waals surface area contributed by atoms with E-state index in [1.807, 2.05) is 38.1 Å². The summed E-state index contributed by atoms with van der Waals surface area (Å²) in [6.45, 7) is 5.52. The highest BCUT2D eigenvalue weighted by Gasteiger charge is 2.26. The maximum Gasteiger partial charge on any atom is 0.227 e. The SMILES string of the molecule is COc1ccc(C)cc1NC(=O)C1CCN(c2nccc(C)n2)CC1. The van der Waals surface area contributed by atoms with Gasteiger partial charge < -0.3 is 15.0 Å². The number of amides is 1. The zero-order chi connectivity index (χ0) is 17.8. The zero-order valence-electron chi connectivity index (χ0n) is 15.0. The van der Waals surface area contributed by atoms with Crippen LogP contribution in [0.5, 0.6) is 5.75 Å². The molecular weight excluding hydrogens is 316 g/mol. The van der Waals surface area contributed by atoms with E-state index in [4.69, 9.17) is 4.74 Å². The van der Waals surface area contributed by atoms with Crippen molar-refractivity contribution in [2.24, 2.45) is 5.92 Å². The van der Waals surface area contributed by atoms with Crippen LogP contribution in [0.4, 0.5) is 11.6 Å². The molecule has 0 saturated carbocycles. The van der Waals surface area contributed by atoms with Crippen molar-refractivity contribution in [3.63, 3.8) is 0 Å². The number of hydrogen-bond acceptors (Lipinski definition) is 5. The Hall–Kier alpha value is -2.63. The van der Waals surface area contributed by atoms with E-state index in [0.29, 0.717) is 5.75 Å². The van der Waals surface area contributed by atoms with Crippen molar-refractivity contribution in [2.45, 2.75) is 26.7 Å². The van der Waals surface area contributed by atoms with Crippen molar-refractivity contribution in [2.75, 3.05) is 30.4 Å². The van der Waals surface area contributed by atoms with Crippen LogP contribution >= 0.6 is 0 Å². The number of benzene rings is 1. The van der Waals surface area contributed by atoms with Gasteiger partial charge in [-0.1, -0.05) is 6.07 Å². The predicted molar refractivity (Wildman–Crippen MR) is 98.1 cm³/mol. The Bertz CT molecular complexity index is 755. The van der Waals surface area contributed by atoms with Gasteiger partial charge in [-0.3, -0.25) is 4.79 Å². The first-order valence-electron chi connectivity index (χ1n) is 8.57. The van der Waals surface area contributed by atoms with Gasteiger partial charge in [0.05, 0.1) is 12.8 Å². The van der Waals surface area contributed by atoms with Crippen molar-refractivity contribution < 1.29 is 9.53 Å². The second-order valence-electron chi connectivity index (χ2n) is 6.45. The number of hydrogen-bond donors (Lipinski definition) is 1. The molecule has 0 atom stereocenters. The molecule has 25 heavy (non-hydrogen) atoms. The molecule has 1 aliphatic rings. The molecule has 2 aromatic rings. The molecule has 1 aromatic carbocycles. The Balaban J connectivity index is 1.61. The van der Waals surface area contributed by atoms with E-state index < -0.39 is 0 Å². The van der Waals surface area contributed by atoms with Crippen molar-refractivity contribution in [1.82, 2.24) is 9.97 Å². The number of aromatic nitrogens is 2. The van der Waals surface area contributed by atoms with Gasteiger partial charge in [0.2, 0.25) is 11.9 Å². The van der Waals surface area contributed by atoms with Crippen molar-refractivity contribution in [3.05, 3.63) is 41.7 Å². The van der Waals surface area contributed by atoms with Gasteiger partial charge in [0.1, 0.15) is 5.75 Å². The maximum absolute atomic E-state index is 12.6. The monoisotopic (exact) mass is 340 g/mol. The van der Waals surface area contributed by atoms with Crippen molar-refractivity contribution in [1.29, 1.82) is 0 Å². The van der Waals surface area contributed by atoms with Gasteiger partial charge in [0.15, 0.2) is 0 Å². The molecule has 0 radical (unpaired) electrons. The summed E-state index contributed by atoms with van der Waals surface area (Å²) in [7, 11) is 1.61. The normalized spacial score (nSPS) is 15.1. The number of rotatable bonds is 4. The van der Waals surface area contributed by atoms with Crippen molar-refractivity contribution in [3.8, 4) is 5.75 Å². The van der Waals surface area contributed by atoms with Gasteiger partial charge in [0, 0.05) is 30.9 Å². The number of aryl methyl sites for hydroxylation is 2. The summed E-state index contributed by atoms with van der Waals surface area (Å²) >= 11 is 0. The number of ether oxygens (including phenoxy) is 1. The second kappa shape index (κ2) is 7.51. The zero-order valence-corrected chi connectivity index (χ0v) is 15.0. The van der Waals surface area contributed by atoms with Crippen LogP contribution in [0.1, 0.15) is 24.1 Å². The Morgan fingerprint density at radius 3 is 2.68 bits per heavy atom. The standard InChI is InChI=1S/C19H24N4O2/c1-13-4-5-17(25-3)16(12-13)22-18(24)15-7-10-23(11-8-15)19-20-9-6-14(2)21-19/h4-6,9,12,15H,7-8,10-11H2,1-3H3,(H,22,24). The summed E-state index contributed by atoms with van der Waals surface area (Å²) in [5.74, 6) is 1.48. The summed E-state index contributed by atoms with van der Waals surface area (Å²) in [5, 5.41) is 3.02. The molecule has 132 valence electrons. The number of anilines is 2. The number of piperidine rings is 1. The fourth-order valence-electron chi connectivity index (χ4n) is 3.08. The molecule has 6 nitrogen and oxygen atoms in total. The van der Waals surface area contributed by atoms with Crippen LogP contribution in [0, 0.1) is 19.8 Å². The van der Waals surface area contributed by atoms with E-state index in [0.717, 1.165) is 48.8 Å². The van der Waals surface area contributed by atoms with Crippen LogP contribution < -0.4 is 15.0 Å². The average Bonchev–Trinajstić information content (AvgIpc) is 2.62. The third kappa shape index (κ3) is 4.07. The smallest absolute Gasteiger partial charge is 0.227 e. The minimum Gasteiger partial charge on any atom is -0.495 e. The highest BCUT2D eigenvalue weighted by Crippen LogP contribution is 2.27. The summed E-state index contributed by atoms with van der Waals surface area (Å²) in [6.07, 6.45) is 3.36. The molecule has 1 N–H and O–H groups in total. The highest BCUT2D eigenvalue weighted by molar-refractivity contribution is 5.94. The van der Waals surface area contributed by atoms with Gasteiger partial charge in [-0.25, -0.2) is 9.97 Å². The van der Waals surface area contributed by atoms with Crippen LogP contribution in [0.2, 0.25) is 0 Å². The Labute approximate surface area is 148 Å². The minimum absolute atomic E-state index is 0.00808. The van der Waals surface area contributed by atoms with Gasteiger partial charge in [0.25, 0.3) is 0 Å². The van der Waals surface area contributed by atoms with Gasteiger partial charge in [-0.05, 0) is 50.5 Å². The molecule has 1 aromatic heterocycles. The largest absolute Gasteiger partial charge is 0.495 e. The fraction of sp³-hybridized carbons (Fsp3) is 0.421. The molecule has 3 rings (SSSR count).